The zero-order chi connectivity index (χ0) is 16.0. The molecule has 2 aromatic rings. The molecule has 0 radical (unpaired) electrons. The highest BCUT2D eigenvalue weighted by Crippen LogP contribution is 2.16. The number of aromatic nitrogens is 2. The summed E-state index contributed by atoms with van der Waals surface area (Å²) < 4.78 is 26.4. The maximum absolute atomic E-state index is 12.0. The number of rotatable bonds is 8. The molecule has 0 bridgehead atoms. The van der Waals surface area contributed by atoms with Crippen LogP contribution >= 0.6 is 0 Å². The van der Waals surface area contributed by atoms with Crippen LogP contribution in [0, 0.1) is 10.1 Å². The fraction of sp³-hybridized carbons (Fsp3) is 0.250. The third-order valence-corrected chi connectivity index (χ3v) is 4.27. The summed E-state index contributed by atoms with van der Waals surface area (Å²) in [7, 11) is -3.77. The van der Waals surface area contributed by atoms with Crippen molar-refractivity contribution in [2.75, 3.05) is 13.1 Å². The van der Waals surface area contributed by atoms with Crippen molar-refractivity contribution in [2.24, 2.45) is 0 Å². The highest BCUT2D eigenvalue weighted by molar-refractivity contribution is 7.89. The van der Waals surface area contributed by atoms with Crippen LogP contribution in [-0.2, 0) is 16.6 Å². The SMILES string of the molecule is O=[N+]([O-])c1cccc(S(=O)(=O)NCCNCc2ccn[nH]2)c1. The summed E-state index contributed by atoms with van der Waals surface area (Å²) in [4.78, 5) is 9.90. The van der Waals surface area contributed by atoms with E-state index in [2.05, 4.69) is 20.2 Å². The number of hydrogen-bond donors (Lipinski definition) is 3. The van der Waals surface area contributed by atoms with Gasteiger partial charge in [0.1, 0.15) is 0 Å². The average molecular weight is 325 g/mol. The summed E-state index contributed by atoms with van der Waals surface area (Å²) in [6.07, 6.45) is 1.63. The fourth-order valence-corrected chi connectivity index (χ4v) is 2.80. The maximum atomic E-state index is 12.0. The number of nitrogens with one attached hydrogen (secondary N) is 3. The summed E-state index contributed by atoms with van der Waals surface area (Å²) in [6, 6.07) is 6.72. The van der Waals surface area contributed by atoms with E-state index in [1.165, 1.54) is 18.2 Å². The fourth-order valence-electron chi connectivity index (χ4n) is 1.73. The Labute approximate surface area is 126 Å². The van der Waals surface area contributed by atoms with Crippen LogP contribution in [0.5, 0.6) is 0 Å². The van der Waals surface area contributed by atoms with Gasteiger partial charge in [0.25, 0.3) is 5.69 Å². The standard InChI is InChI=1S/C12H15N5O4S/c18-17(19)11-2-1-3-12(8-11)22(20,21)15-7-6-13-9-10-4-5-14-16-10/h1-5,8,13,15H,6-7,9H2,(H,14,16). The van der Waals surface area contributed by atoms with E-state index in [0.717, 1.165) is 11.8 Å². The van der Waals surface area contributed by atoms with Gasteiger partial charge in [-0.2, -0.15) is 5.10 Å². The summed E-state index contributed by atoms with van der Waals surface area (Å²) >= 11 is 0. The van der Waals surface area contributed by atoms with Crippen molar-refractivity contribution in [1.29, 1.82) is 0 Å². The zero-order valence-electron chi connectivity index (χ0n) is 11.5. The van der Waals surface area contributed by atoms with Crippen molar-refractivity contribution < 1.29 is 13.3 Å². The largest absolute Gasteiger partial charge is 0.310 e. The normalized spacial score (nSPS) is 11.5. The van der Waals surface area contributed by atoms with Crippen molar-refractivity contribution in [3.63, 3.8) is 0 Å². The van der Waals surface area contributed by atoms with E-state index in [9.17, 15) is 18.5 Å². The van der Waals surface area contributed by atoms with E-state index in [4.69, 9.17) is 0 Å². The van der Waals surface area contributed by atoms with Gasteiger partial charge in [-0.15, -0.1) is 0 Å². The number of nitro benzene ring substituents is 1. The average Bonchev–Trinajstić information content (AvgIpc) is 3.00. The first-order chi connectivity index (χ1) is 10.5. The predicted molar refractivity (Wildman–Crippen MR) is 78.6 cm³/mol. The van der Waals surface area contributed by atoms with Gasteiger partial charge in [0.2, 0.25) is 10.0 Å². The van der Waals surface area contributed by atoms with Crippen LogP contribution in [0.3, 0.4) is 0 Å². The maximum Gasteiger partial charge on any atom is 0.270 e. The Morgan fingerprint density at radius 3 is 2.77 bits per heavy atom. The third-order valence-electron chi connectivity index (χ3n) is 2.81. The van der Waals surface area contributed by atoms with Gasteiger partial charge in [-0.25, -0.2) is 13.1 Å². The molecule has 10 heteroatoms. The number of nitrogens with zero attached hydrogens (tertiary/aromatic N) is 2. The number of aromatic amines is 1. The molecule has 0 aliphatic rings. The summed E-state index contributed by atoms with van der Waals surface area (Å²) in [5, 5.41) is 20.3. The predicted octanol–water partition coefficient (Wildman–Crippen LogP) is 0.386. The highest BCUT2D eigenvalue weighted by atomic mass is 32.2. The molecule has 0 fully saturated rings. The lowest BCUT2D eigenvalue weighted by Crippen LogP contribution is -2.31. The molecule has 0 saturated carbocycles. The molecule has 0 unspecified atom stereocenters. The number of non-ortho nitro benzene ring substituents is 1. The van der Waals surface area contributed by atoms with Gasteiger partial charge in [-0.1, -0.05) is 6.07 Å². The Morgan fingerprint density at radius 2 is 2.09 bits per heavy atom. The molecule has 0 atom stereocenters. The first-order valence-corrected chi connectivity index (χ1v) is 7.90. The summed E-state index contributed by atoms with van der Waals surface area (Å²) in [5.74, 6) is 0. The third kappa shape index (κ3) is 4.35. The molecule has 1 aromatic heterocycles. The second-order valence-corrected chi connectivity index (χ2v) is 6.18. The zero-order valence-corrected chi connectivity index (χ0v) is 12.3. The molecule has 9 nitrogen and oxygen atoms in total. The van der Waals surface area contributed by atoms with Gasteiger partial charge in [0.05, 0.1) is 9.82 Å². The van der Waals surface area contributed by atoms with Gasteiger partial charge < -0.3 is 5.32 Å². The van der Waals surface area contributed by atoms with Crippen molar-refractivity contribution in [2.45, 2.75) is 11.4 Å². The van der Waals surface area contributed by atoms with Crippen LogP contribution in [0.15, 0.2) is 41.4 Å². The van der Waals surface area contributed by atoms with E-state index < -0.39 is 14.9 Å². The van der Waals surface area contributed by atoms with E-state index >= 15 is 0 Å². The molecule has 22 heavy (non-hydrogen) atoms. The molecule has 2 rings (SSSR count). The number of benzene rings is 1. The topological polar surface area (TPSA) is 130 Å². The minimum Gasteiger partial charge on any atom is -0.310 e. The lowest BCUT2D eigenvalue weighted by molar-refractivity contribution is -0.385. The van der Waals surface area contributed by atoms with Gasteiger partial charge in [0, 0.05) is 43.7 Å². The number of H-pyrrole nitrogens is 1. The van der Waals surface area contributed by atoms with Crippen LogP contribution in [-0.4, -0.2) is 36.6 Å². The summed E-state index contributed by atoms with van der Waals surface area (Å²) in [6.45, 7) is 1.12. The molecule has 118 valence electrons. The van der Waals surface area contributed by atoms with Gasteiger partial charge in [-0.3, -0.25) is 15.2 Å². The Morgan fingerprint density at radius 1 is 1.27 bits per heavy atom. The first-order valence-electron chi connectivity index (χ1n) is 6.42. The highest BCUT2D eigenvalue weighted by Gasteiger charge is 2.16. The molecule has 3 N–H and O–H groups in total. The number of sulfonamides is 1. The monoisotopic (exact) mass is 325 g/mol. The van der Waals surface area contributed by atoms with Crippen molar-refractivity contribution in [3.05, 3.63) is 52.3 Å². The first kappa shape index (κ1) is 16.1. The van der Waals surface area contributed by atoms with E-state index in [1.807, 2.05) is 0 Å². The van der Waals surface area contributed by atoms with E-state index in [-0.39, 0.29) is 17.1 Å². The molecule has 0 aliphatic carbocycles. The van der Waals surface area contributed by atoms with Gasteiger partial charge in [-0.05, 0) is 12.1 Å². The molecule has 0 amide bonds. The molecular formula is C12H15N5O4S. The second kappa shape index (κ2) is 7.11. The van der Waals surface area contributed by atoms with Crippen LogP contribution in [0.4, 0.5) is 5.69 Å². The van der Waals surface area contributed by atoms with Crippen LogP contribution in [0.1, 0.15) is 5.69 Å². The molecule has 0 aliphatic heterocycles. The van der Waals surface area contributed by atoms with Crippen molar-refractivity contribution in [1.82, 2.24) is 20.2 Å². The van der Waals surface area contributed by atoms with Crippen molar-refractivity contribution in [3.8, 4) is 0 Å². The number of hydrogen-bond acceptors (Lipinski definition) is 6. The second-order valence-electron chi connectivity index (χ2n) is 4.41. The summed E-state index contributed by atoms with van der Waals surface area (Å²) in [5.41, 5.74) is 0.627. The minimum atomic E-state index is -3.77. The van der Waals surface area contributed by atoms with Crippen molar-refractivity contribution >= 4 is 15.7 Å². The Bertz CT molecular complexity index is 730. The van der Waals surface area contributed by atoms with E-state index in [1.54, 1.807) is 12.3 Å². The van der Waals surface area contributed by atoms with Crippen LogP contribution in [0.25, 0.3) is 0 Å². The van der Waals surface area contributed by atoms with Gasteiger partial charge in [0.15, 0.2) is 0 Å². The molecule has 0 saturated heterocycles. The lowest BCUT2D eigenvalue weighted by Gasteiger charge is -2.07. The van der Waals surface area contributed by atoms with Crippen LogP contribution in [0.2, 0.25) is 0 Å². The quantitative estimate of drug-likeness (QED) is 0.365. The molecule has 1 heterocycles. The van der Waals surface area contributed by atoms with E-state index in [0.29, 0.717) is 13.1 Å². The Hall–Kier alpha value is -2.30. The molecular weight excluding hydrogens is 310 g/mol. The number of nitro groups is 1. The smallest absolute Gasteiger partial charge is 0.270 e. The molecule has 1 aromatic carbocycles. The van der Waals surface area contributed by atoms with Crippen LogP contribution < -0.4 is 10.0 Å². The Balaban J connectivity index is 1.85. The lowest BCUT2D eigenvalue weighted by atomic mass is 10.3. The van der Waals surface area contributed by atoms with Gasteiger partial charge >= 0.3 is 0 Å². The minimum absolute atomic E-state index is 0.129. The molecule has 0 spiro atoms. The Kier molecular flexibility index (Phi) is 5.20.